The molecule has 1 amide bonds. The highest BCUT2D eigenvalue weighted by Gasteiger charge is 2.25. The standard InChI is InChI=1S/C20H24F2N2O3S/c1-14(2)11-18(15-7-5-4-6-8-15)23-20(25)13-24(28(3,26)27)19-10-9-16(21)12-17(19)22/h4-10,12,14,18H,11,13H2,1-3H3,(H,23,25)/t18-/m0/s1. The van der Waals surface area contributed by atoms with E-state index in [0.717, 1.165) is 24.0 Å². The Labute approximate surface area is 164 Å². The number of carbonyl (C=O) groups excluding carboxylic acids is 1. The van der Waals surface area contributed by atoms with Crippen LogP contribution in [0.15, 0.2) is 48.5 Å². The molecule has 0 heterocycles. The van der Waals surface area contributed by atoms with Gasteiger partial charge in [0.15, 0.2) is 0 Å². The first-order valence-electron chi connectivity index (χ1n) is 8.85. The molecule has 0 aliphatic carbocycles. The molecule has 5 nitrogen and oxygen atoms in total. The average Bonchev–Trinajstić information content (AvgIpc) is 2.59. The van der Waals surface area contributed by atoms with E-state index in [4.69, 9.17) is 0 Å². The number of halogens is 2. The van der Waals surface area contributed by atoms with E-state index in [1.807, 2.05) is 44.2 Å². The molecule has 2 aromatic rings. The van der Waals surface area contributed by atoms with E-state index in [9.17, 15) is 22.0 Å². The molecular weight excluding hydrogens is 386 g/mol. The van der Waals surface area contributed by atoms with Gasteiger partial charge in [0.1, 0.15) is 18.2 Å². The van der Waals surface area contributed by atoms with Crippen molar-refractivity contribution in [2.45, 2.75) is 26.3 Å². The fourth-order valence-electron chi connectivity index (χ4n) is 2.87. The fourth-order valence-corrected chi connectivity index (χ4v) is 3.73. The van der Waals surface area contributed by atoms with Crippen LogP contribution in [0.4, 0.5) is 14.5 Å². The van der Waals surface area contributed by atoms with E-state index < -0.39 is 34.1 Å². The number of nitrogens with zero attached hydrogens (tertiary/aromatic N) is 1. The van der Waals surface area contributed by atoms with Crippen molar-refractivity contribution in [1.82, 2.24) is 5.32 Å². The molecule has 2 aromatic carbocycles. The molecular formula is C20H24F2N2O3S. The number of rotatable bonds is 8. The Kier molecular flexibility index (Phi) is 7.12. The van der Waals surface area contributed by atoms with E-state index in [0.29, 0.717) is 16.8 Å². The first-order chi connectivity index (χ1) is 13.1. The summed E-state index contributed by atoms with van der Waals surface area (Å²) in [4.78, 5) is 12.6. The molecule has 1 atom stereocenters. The summed E-state index contributed by atoms with van der Waals surface area (Å²) in [5.41, 5.74) is 0.516. The summed E-state index contributed by atoms with van der Waals surface area (Å²) >= 11 is 0. The van der Waals surface area contributed by atoms with Gasteiger partial charge in [-0.15, -0.1) is 0 Å². The minimum Gasteiger partial charge on any atom is -0.348 e. The van der Waals surface area contributed by atoms with Crippen LogP contribution in [0, 0.1) is 17.6 Å². The lowest BCUT2D eigenvalue weighted by atomic mass is 9.97. The van der Waals surface area contributed by atoms with Crippen LogP contribution < -0.4 is 9.62 Å². The van der Waals surface area contributed by atoms with Gasteiger partial charge in [-0.25, -0.2) is 17.2 Å². The predicted molar refractivity (Wildman–Crippen MR) is 105 cm³/mol. The largest absolute Gasteiger partial charge is 0.348 e. The lowest BCUT2D eigenvalue weighted by molar-refractivity contribution is -0.120. The molecule has 0 bridgehead atoms. The summed E-state index contributed by atoms with van der Waals surface area (Å²) in [5, 5.41) is 2.83. The number of benzene rings is 2. The van der Waals surface area contributed by atoms with Crippen LogP contribution in [0.3, 0.4) is 0 Å². The van der Waals surface area contributed by atoms with Gasteiger partial charge in [-0.3, -0.25) is 9.10 Å². The number of nitrogens with one attached hydrogen (secondary N) is 1. The molecule has 0 radical (unpaired) electrons. The van der Waals surface area contributed by atoms with Gasteiger partial charge >= 0.3 is 0 Å². The monoisotopic (exact) mass is 410 g/mol. The molecule has 1 N–H and O–H groups in total. The summed E-state index contributed by atoms with van der Waals surface area (Å²) in [6, 6.07) is 11.5. The normalized spacial score (nSPS) is 12.6. The number of hydrogen-bond donors (Lipinski definition) is 1. The quantitative estimate of drug-likeness (QED) is 0.723. The third kappa shape index (κ3) is 6.02. The van der Waals surface area contributed by atoms with Gasteiger partial charge in [0.2, 0.25) is 15.9 Å². The Balaban J connectivity index is 2.25. The van der Waals surface area contributed by atoms with Crippen molar-refractivity contribution < 1.29 is 22.0 Å². The summed E-state index contributed by atoms with van der Waals surface area (Å²) in [6.07, 6.45) is 1.52. The zero-order valence-corrected chi connectivity index (χ0v) is 16.8. The van der Waals surface area contributed by atoms with Crippen molar-refractivity contribution in [3.8, 4) is 0 Å². The van der Waals surface area contributed by atoms with Crippen LogP contribution in [-0.4, -0.2) is 27.1 Å². The van der Waals surface area contributed by atoms with Gasteiger partial charge in [-0.2, -0.15) is 0 Å². The highest BCUT2D eigenvalue weighted by molar-refractivity contribution is 7.92. The van der Waals surface area contributed by atoms with Crippen LogP contribution in [0.5, 0.6) is 0 Å². The first-order valence-corrected chi connectivity index (χ1v) is 10.7. The third-order valence-electron chi connectivity index (χ3n) is 4.11. The minimum atomic E-state index is -3.96. The summed E-state index contributed by atoms with van der Waals surface area (Å²) in [5.74, 6) is -2.19. The van der Waals surface area contributed by atoms with Crippen molar-refractivity contribution >= 4 is 21.6 Å². The molecule has 0 saturated heterocycles. The fraction of sp³-hybridized carbons (Fsp3) is 0.350. The van der Waals surface area contributed by atoms with E-state index in [1.165, 1.54) is 0 Å². The maximum atomic E-state index is 14.1. The van der Waals surface area contributed by atoms with Crippen molar-refractivity contribution in [2.24, 2.45) is 5.92 Å². The summed E-state index contributed by atoms with van der Waals surface area (Å²) < 4.78 is 52.1. The Morgan fingerprint density at radius 2 is 1.75 bits per heavy atom. The zero-order valence-electron chi connectivity index (χ0n) is 16.0. The highest BCUT2D eigenvalue weighted by atomic mass is 32.2. The zero-order chi connectivity index (χ0) is 20.9. The minimum absolute atomic E-state index is 0.283. The molecule has 2 rings (SSSR count). The molecule has 0 aliphatic heterocycles. The molecule has 0 aromatic heterocycles. The Hall–Kier alpha value is -2.48. The second-order valence-corrected chi connectivity index (χ2v) is 8.93. The SMILES string of the molecule is CC(C)C[C@H](NC(=O)CN(c1ccc(F)cc1F)S(C)(=O)=O)c1ccccc1. The molecule has 0 aliphatic rings. The second kappa shape index (κ2) is 9.14. The van der Waals surface area contributed by atoms with Gasteiger partial charge < -0.3 is 5.32 Å². The van der Waals surface area contributed by atoms with Crippen LogP contribution in [0.2, 0.25) is 0 Å². The van der Waals surface area contributed by atoms with Gasteiger partial charge in [-0.05, 0) is 30.0 Å². The first kappa shape index (κ1) is 21.8. The summed E-state index contributed by atoms with van der Waals surface area (Å²) in [6.45, 7) is 3.42. The molecule has 8 heteroatoms. The number of carbonyl (C=O) groups is 1. The molecule has 152 valence electrons. The molecule has 0 saturated carbocycles. The number of amides is 1. The maximum absolute atomic E-state index is 14.1. The van der Waals surface area contributed by atoms with Crippen molar-refractivity contribution in [3.05, 3.63) is 65.7 Å². The van der Waals surface area contributed by atoms with Crippen molar-refractivity contribution in [3.63, 3.8) is 0 Å². The Bertz CT molecular complexity index is 918. The number of hydrogen-bond acceptors (Lipinski definition) is 3. The van der Waals surface area contributed by atoms with Gasteiger partial charge in [0, 0.05) is 6.07 Å². The lowest BCUT2D eigenvalue weighted by Crippen LogP contribution is -2.42. The van der Waals surface area contributed by atoms with E-state index in [1.54, 1.807) is 0 Å². The Morgan fingerprint density at radius 3 is 2.29 bits per heavy atom. The topological polar surface area (TPSA) is 66.5 Å². The van der Waals surface area contributed by atoms with Gasteiger partial charge in [-0.1, -0.05) is 44.2 Å². The van der Waals surface area contributed by atoms with Crippen LogP contribution >= 0.6 is 0 Å². The van der Waals surface area contributed by atoms with Gasteiger partial charge in [0.05, 0.1) is 18.0 Å². The molecule has 0 spiro atoms. The third-order valence-corrected chi connectivity index (χ3v) is 5.24. The lowest BCUT2D eigenvalue weighted by Gasteiger charge is -2.25. The van der Waals surface area contributed by atoms with Gasteiger partial charge in [0.25, 0.3) is 0 Å². The number of anilines is 1. The summed E-state index contributed by atoms with van der Waals surface area (Å²) in [7, 11) is -3.96. The smallest absolute Gasteiger partial charge is 0.241 e. The van der Waals surface area contributed by atoms with Crippen LogP contribution in [0.25, 0.3) is 0 Å². The average molecular weight is 410 g/mol. The van der Waals surface area contributed by atoms with Crippen molar-refractivity contribution in [1.29, 1.82) is 0 Å². The second-order valence-electron chi connectivity index (χ2n) is 7.03. The molecule has 0 unspecified atom stereocenters. The van der Waals surface area contributed by atoms with Crippen LogP contribution in [0.1, 0.15) is 31.9 Å². The molecule has 0 fully saturated rings. The maximum Gasteiger partial charge on any atom is 0.241 e. The van der Waals surface area contributed by atoms with E-state index >= 15 is 0 Å². The Morgan fingerprint density at radius 1 is 1.11 bits per heavy atom. The van der Waals surface area contributed by atoms with Crippen LogP contribution in [-0.2, 0) is 14.8 Å². The predicted octanol–water partition coefficient (Wildman–Crippen LogP) is 3.63. The van der Waals surface area contributed by atoms with E-state index in [2.05, 4.69) is 5.32 Å². The number of sulfonamides is 1. The van der Waals surface area contributed by atoms with Crippen molar-refractivity contribution in [2.75, 3.05) is 17.1 Å². The molecule has 28 heavy (non-hydrogen) atoms. The van der Waals surface area contributed by atoms with E-state index in [-0.39, 0.29) is 17.6 Å². The highest BCUT2D eigenvalue weighted by Crippen LogP contribution is 2.24.